The number of nitrogens with one attached hydrogen (secondary N) is 1. The number of thiazole rings is 1. The minimum atomic E-state index is -0.279. The fourth-order valence-corrected chi connectivity index (χ4v) is 2.67. The van der Waals surface area contributed by atoms with Crippen molar-refractivity contribution in [2.24, 2.45) is 0 Å². The number of carbonyl (C=O) groups excluding carboxylic acids is 1. The Morgan fingerprint density at radius 2 is 2.10 bits per heavy atom. The van der Waals surface area contributed by atoms with Gasteiger partial charge in [-0.15, -0.1) is 11.3 Å². The van der Waals surface area contributed by atoms with Crippen LogP contribution in [-0.2, 0) is 6.54 Å². The molecule has 4 nitrogen and oxygen atoms in total. The van der Waals surface area contributed by atoms with Crippen molar-refractivity contribution in [3.8, 4) is 0 Å². The lowest BCUT2D eigenvalue weighted by molar-refractivity contribution is 0.203. The lowest BCUT2D eigenvalue weighted by Crippen LogP contribution is -2.38. The van der Waals surface area contributed by atoms with Gasteiger partial charge in [0.15, 0.2) is 0 Å². The molecule has 0 aliphatic heterocycles. The molecule has 0 saturated heterocycles. The summed E-state index contributed by atoms with van der Waals surface area (Å²) >= 11 is 1.53. The molecule has 2 aromatic rings. The molecule has 0 bridgehead atoms. The highest BCUT2D eigenvalue weighted by Crippen LogP contribution is 2.17. The van der Waals surface area contributed by atoms with E-state index in [0.29, 0.717) is 6.54 Å². The Hall–Kier alpha value is -1.95. The number of aryl methyl sites for hydroxylation is 1. The predicted octanol–water partition coefficient (Wildman–Crippen LogP) is 3.49. The summed E-state index contributed by atoms with van der Waals surface area (Å²) in [6.07, 6.45) is 0. The molecule has 6 heteroatoms. The molecule has 1 aromatic carbocycles. The molecule has 1 unspecified atom stereocenters. The molecule has 112 valence electrons. The van der Waals surface area contributed by atoms with Crippen LogP contribution in [0.4, 0.5) is 9.18 Å². The van der Waals surface area contributed by atoms with E-state index in [9.17, 15) is 9.18 Å². The van der Waals surface area contributed by atoms with Crippen LogP contribution in [0.25, 0.3) is 0 Å². The summed E-state index contributed by atoms with van der Waals surface area (Å²) in [6.45, 7) is 4.26. The maximum absolute atomic E-state index is 12.8. The number of nitrogens with zero attached hydrogens (tertiary/aromatic N) is 2. The fourth-order valence-electron chi connectivity index (χ4n) is 1.86. The molecular weight excluding hydrogens is 289 g/mol. The van der Waals surface area contributed by atoms with E-state index in [1.165, 1.54) is 23.5 Å². The molecule has 0 aliphatic carbocycles. The summed E-state index contributed by atoms with van der Waals surface area (Å²) in [4.78, 5) is 18.0. The maximum Gasteiger partial charge on any atom is 0.317 e. The summed E-state index contributed by atoms with van der Waals surface area (Å²) in [5.74, 6) is -0.279. The SMILES string of the molecule is Cc1csc(C(C)NC(=O)N(C)Cc2ccc(F)cc2)n1. The van der Waals surface area contributed by atoms with Crippen LogP contribution in [0, 0.1) is 12.7 Å². The van der Waals surface area contributed by atoms with E-state index in [2.05, 4.69) is 10.3 Å². The molecule has 21 heavy (non-hydrogen) atoms. The minimum Gasteiger partial charge on any atom is -0.329 e. The van der Waals surface area contributed by atoms with Crippen molar-refractivity contribution in [1.82, 2.24) is 15.2 Å². The first-order valence-electron chi connectivity index (χ1n) is 6.64. The van der Waals surface area contributed by atoms with Crippen molar-refractivity contribution < 1.29 is 9.18 Å². The van der Waals surface area contributed by atoms with E-state index in [0.717, 1.165) is 16.3 Å². The summed E-state index contributed by atoms with van der Waals surface area (Å²) < 4.78 is 12.8. The van der Waals surface area contributed by atoms with Crippen LogP contribution in [0.2, 0.25) is 0 Å². The third-order valence-corrected chi connectivity index (χ3v) is 4.17. The Balaban J connectivity index is 1.91. The summed E-state index contributed by atoms with van der Waals surface area (Å²) in [5.41, 5.74) is 1.84. The van der Waals surface area contributed by atoms with E-state index in [1.54, 1.807) is 24.1 Å². The van der Waals surface area contributed by atoms with Crippen molar-refractivity contribution in [2.45, 2.75) is 26.4 Å². The van der Waals surface area contributed by atoms with Crippen molar-refractivity contribution in [1.29, 1.82) is 0 Å². The molecule has 1 N–H and O–H groups in total. The molecular formula is C15H18FN3OS. The quantitative estimate of drug-likeness (QED) is 0.939. The van der Waals surface area contributed by atoms with Crippen LogP contribution < -0.4 is 5.32 Å². The Labute approximate surface area is 127 Å². The molecule has 1 heterocycles. The number of urea groups is 1. The largest absolute Gasteiger partial charge is 0.329 e. The van der Waals surface area contributed by atoms with Gasteiger partial charge in [0, 0.05) is 24.7 Å². The summed E-state index contributed by atoms with van der Waals surface area (Å²) in [7, 11) is 1.71. The van der Waals surface area contributed by atoms with E-state index in [1.807, 2.05) is 19.2 Å². The number of aromatic nitrogens is 1. The van der Waals surface area contributed by atoms with Crippen LogP contribution in [0.15, 0.2) is 29.6 Å². The maximum atomic E-state index is 12.8. The molecule has 0 radical (unpaired) electrons. The van der Waals surface area contributed by atoms with Gasteiger partial charge in [-0.05, 0) is 31.5 Å². The first-order chi connectivity index (χ1) is 9.95. The molecule has 1 aromatic heterocycles. The van der Waals surface area contributed by atoms with Crippen LogP contribution >= 0.6 is 11.3 Å². The second-order valence-corrected chi connectivity index (χ2v) is 5.87. The van der Waals surface area contributed by atoms with Gasteiger partial charge in [0.1, 0.15) is 10.8 Å². The van der Waals surface area contributed by atoms with Crippen molar-refractivity contribution in [3.05, 3.63) is 51.7 Å². The molecule has 1 atom stereocenters. The standard InChI is InChI=1S/C15H18FN3OS/c1-10-9-21-14(17-10)11(2)18-15(20)19(3)8-12-4-6-13(16)7-5-12/h4-7,9,11H,8H2,1-3H3,(H,18,20). The number of carbonyl (C=O) groups is 1. The van der Waals surface area contributed by atoms with Gasteiger partial charge in [-0.2, -0.15) is 0 Å². The third-order valence-electron chi connectivity index (χ3n) is 3.03. The Morgan fingerprint density at radius 1 is 1.43 bits per heavy atom. The van der Waals surface area contributed by atoms with Gasteiger partial charge in [-0.1, -0.05) is 12.1 Å². The zero-order valence-electron chi connectivity index (χ0n) is 12.3. The van der Waals surface area contributed by atoms with E-state index in [-0.39, 0.29) is 17.9 Å². The van der Waals surface area contributed by atoms with Gasteiger partial charge in [-0.25, -0.2) is 14.2 Å². The second kappa shape index (κ2) is 6.67. The normalized spacial score (nSPS) is 12.0. The highest BCUT2D eigenvalue weighted by Gasteiger charge is 2.15. The second-order valence-electron chi connectivity index (χ2n) is 4.98. The summed E-state index contributed by atoms with van der Waals surface area (Å²) in [5, 5.41) is 5.75. The highest BCUT2D eigenvalue weighted by molar-refractivity contribution is 7.09. The third kappa shape index (κ3) is 4.26. The molecule has 0 fully saturated rings. The molecule has 0 spiro atoms. The zero-order valence-corrected chi connectivity index (χ0v) is 13.1. The monoisotopic (exact) mass is 307 g/mol. The average Bonchev–Trinajstić information content (AvgIpc) is 2.88. The summed E-state index contributed by atoms with van der Waals surface area (Å²) in [6, 6.07) is 5.82. The van der Waals surface area contributed by atoms with Crippen LogP contribution in [-0.4, -0.2) is 23.0 Å². The number of benzene rings is 1. The van der Waals surface area contributed by atoms with Crippen LogP contribution in [0.5, 0.6) is 0 Å². The van der Waals surface area contributed by atoms with Crippen molar-refractivity contribution in [2.75, 3.05) is 7.05 Å². The zero-order chi connectivity index (χ0) is 15.4. The molecule has 0 aliphatic rings. The van der Waals surface area contributed by atoms with Gasteiger partial charge in [0.2, 0.25) is 0 Å². The molecule has 2 rings (SSSR count). The lowest BCUT2D eigenvalue weighted by atomic mass is 10.2. The van der Waals surface area contributed by atoms with E-state index >= 15 is 0 Å². The molecule has 2 amide bonds. The number of hydrogen-bond acceptors (Lipinski definition) is 3. The Morgan fingerprint density at radius 3 is 2.67 bits per heavy atom. The van der Waals surface area contributed by atoms with Gasteiger partial charge >= 0.3 is 6.03 Å². The first-order valence-corrected chi connectivity index (χ1v) is 7.52. The van der Waals surface area contributed by atoms with Crippen LogP contribution in [0.3, 0.4) is 0 Å². The Bertz CT molecular complexity index is 612. The lowest BCUT2D eigenvalue weighted by Gasteiger charge is -2.20. The van der Waals surface area contributed by atoms with E-state index in [4.69, 9.17) is 0 Å². The topological polar surface area (TPSA) is 45.2 Å². The van der Waals surface area contributed by atoms with Gasteiger partial charge < -0.3 is 10.2 Å². The van der Waals surface area contributed by atoms with Crippen molar-refractivity contribution >= 4 is 17.4 Å². The first kappa shape index (κ1) is 15.4. The predicted molar refractivity (Wildman–Crippen MR) is 81.7 cm³/mol. The minimum absolute atomic E-state index is 0.133. The van der Waals surface area contributed by atoms with Gasteiger partial charge in [0.05, 0.1) is 6.04 Å². The smallest absolute Gasteiger partial charge is 0.317 e. The number of rotatable bonds is 4. The Kier molecular flexibility index (Phi) is 4.90. The van der Waals surface area contributed by atoms with Gasteiger partial charge in [-0.3, -0.25) is 0 Å². The van der Waals surface area contributed by atoms with Gasteiger partial charge in [0.25, 0.3) is 0 Å². The average molecular weight is 307 g/mol. The highest BCUT2D eigenvalue weighted by atomic mass is 32.1. The fraction of sp³-hybridized carbons (Fsp3) is 0.333. The van der Waals surface area contributed by atoms with Crippen LogP contribution in [0.1, 0.15) is 29.2 Å². The number of halogens is 1. The molecule has 0 saturated carbocycles. The number of amides is 2. The van der Waals surface area contributed by atoms with E-state index < -0.39 is 0 Å². The number of hydrogen-bond donors (Lipinski definition) is 1. The van der Waals surface area contributed by atoms with Crippen molar-refractivity contribution in [3.63, 3.8) is 0 Å².